The zero-order chi connectivity index (χ0) is 13.7. The van der Waals surface area contributed by atoms with Crippen LogP contribution >= 0.6 is 0 Å². The fourth-order valence-corrected chi connectivity index (χ4v) is 1.88. The van der Waals surface area contributed by atoms with Gasteiger partial charge in [0.1, 0.15) is 18.1 Å². The van der Waals surface area contributed by atoms with Gasteiger partial charge in [0.25, 0.3) is 5.91 Å². The Morgan fingerprint density at radius 3 is 3.05 bits per heavy atom. The summed E-state index contributed by atoms with van der Waals surface area (Å²) in [5.74, 6) is 1.51. The Hall–Kier alpha value is -2.04. The number of hydrazine groups is 1. The molecule has 0 saturated carbocycles. The third kappa shape index (κ3) is 3.24. The average molecular weight is 261 g/mol. The van der Waals surface area contributed by atoms with Crippen LogP contribution in [0.2, 0.25) is 0 Å². The minimum atomic E-state index is 0.0140. The van der Waals surface area contributed by atoms with Crippen molar-refractivity contribution < 1.29 is 9.53 Å². The number of amidine groups is 1. The van der Waals surface area contributed by atoms with Gasteiger partial charge in [0, 0.05) is 12.1 Å². The number of carbonyl (C=O) groups is 1. The summed E-state index contributed by atoms with van der Waals surface area (Å²) in [6, 6.07) is 7.64. The zero-order valence-electron chi connectivity index (χ0n) is 11.3. The van der Waals surface area contributed by atoms with Gasteiger partial charge in [-0.15, -0.1) is 0 Å². The summed E-state index contributed by atoms with van der Waals surface area (Å²) in [6.45, 7) is 3.01. The topological polar surface area (TPSA) is 53.9 Å². The lowest BCUT2D eigenvalue weighted by Gasteiger charge is -2.28. The number of nitrogens with one attached hydrogen (secondary N) is 1. The van der Waals surface area contributed by atoms with Gasteiger partial charge >= 0.3 is 0 Å². The number of aliphatic imine (C=N–C) groups is 1. The predicted molar refractivity (Wildman–Crippen MR) is 74.2 cm³/mol. The number of benzene rings is 1. The second kappa shape index (κ2) is 6.22. The van der Waals surface area contributed by atoms with Crippen molar-refractivity contribution in [3.63, 3.8) is 0 Å². The number of carbonyl (C=O) groups excluding carboxylic acids is 1. The van der Waals surface area contributed by atoms with E-state index in [1.165, 1.54) is 0 Å². The molecule has 0 aliphatic carbocycles. The lowest BCUT2D eigenvalue weighted by atomic mass is 10.2. The maximum absolute atomic E-state index is 11.7. The number of nitrogens with zero attached hydrogens (tertiary/aromatic N) is 2. The van der Waals surface area contributed by atoms with Crippen LogP contribution in [0, 0.1) is 0 Å². The lowest BCUT2D eigenvalue weighted by Crippen LogP contribution is -2.51. The largest absolute Gasteiger partial charge is 0.497 e. The number of hydrogen-bond acceptors (Lipinski definition) is 4. The maximum atomic E-state index is 11.7. The quantitative estimate of drug-likeness (QED) is 0.875. The van der Waals surface area contributed by atoms with Crippen molar-refractivity contribution in [1.82, 2.24) is 10.4 Å². The van der Waals surface area contributed by atoms with E-state index in [1.807, 2.05) is 24.3 Å². The minimum Gasteiger partial charge on any atom is -0.497 e. The molecular formula is C14H19N3O2. The molecule has 2 rings (SSSR count). The number of unbranched alkanes of at least 4 members (excludes halogenated alkanes) is 1. The van der Waals surface area contributed by atoms with Crippen LogP contribution in [0.3, 0.4) is 0 Å². The molecule has 1 amide bonds. The van der Waals surface area contributed by atoms with Gasteiger partial charge in [-0.05, 0) is 18.6 Å². The van der Waals surface area contributed by atoms with Gasteiger partial charge < -0.3 is 4.74 Å². The van der Waals surface area contributed by atoms with Crippen molar-refractivity contribution in [2.75, 3.05) is 20.2 Å². The Morgan fingerprint density at radius 2 is 2.32 bits per heavy atom. The number of methoxy groups -OCH3 is 1. The summed E-state index contributed by atoms with van der Waals surface area (Å²) in [5.41, 5.74) is 4.01. The molecule has 0 saturated heterocycles. The van der Waals surface area contributed by atoms with Crippen LogP contribution in [0.15, 0.2) is 29.3 Å². The molecular weight excluding hydrogens is 242 g/mol. The highest BCUT2D eigenvalue weighted by Crippen LogP contribution is 2.14. The van der Waals surface area contributed by atoms with Crippen molar-refractivity contribution in [2.24, 2.45) is 4.99 Å². The molecule has 0 bridgehead atoms. The van der Waals surface area contributed by atoms with Crippen LogP contribution in [0.1, 0.15) is 25.3 Å². The Labute approximate surface area is 113 Å². The standard InChI is InChI=1S/C14H19N3O2/c1-3-4-8-17-13(18)10-15-14(16-17)11-6-5-7-12(9-11)19-2/h5-7,9H,3-4,8,10H2,1-2H3,(H,15,16). The summed E-state index contributed by atoms with van der Waals surface area (Å²) in [5, 5.41) is 1.64. The molecule has 5 heteroatoms. The van der Waals surface area contributed by atoms with Crippen LogP contribution in [-0.2, 0) is 4.79 Å². The molecule has 0 unspecified atom stereocenters. The molecule has 0 aromatic heterocycles. The summed E-state index contributed by atoms with van der Waals surface area (Å²) < 4.78 is 5.20. The summed E-state index contributed by atoms with van der Waals surface area (Å²) in [4.78, 5) is 16.0. The highest BCUT2D eigenvalue weighted by Gasteiger charge is 2.20. The smallest absolute Gasteiger partial charge is 0.262 e. The van der Waals surface area contributed by atoms with E-state index in [1.54, 1.807) is 12.1 Å². The first-order chi connectivity index (χ1) is 9.24. The van der Waals surface area contributed by atoms with Crippen molar-refractivity contribution in [3.05, 3.63) is 29.8 Å². The van der Waals surface area contributed by atoms with E-state index in [-0.39, 0.29) is 12.5 Å². The van der Waals surface area contributed by atoms with Crippen molar-refractivity contribution in [3.8, 4) is 5.75 Å². The van der Waals surface area contributed by atoms with Crippen molar-refractivity contribution in [2.45, 2.75) is 19.8 Å². The molecule has 1 aliphatic rings. The zero-order valence-corrected chi connectivity index (χ0v) is 11.3. The van der Waals surface area contributed by atoms with Crippen LogP contribution < -0.4 is 10.2 Å². The molecule has 19 heavy (non-hydrogen) atoms. The second-order valence-corrected chi connectivity index (χ2v) is 4.41. The number of ether oxygens (including phenoxy) is 1. The molecule has 1 heterocycles. The monoisotopic (exact) mass is 261 g/mol. The van der Waals surface area contributed by atoms with E-state index in [9.17, 15) is 4.79 Å². The van der Waals surface area contributed by atoms with Crippen LogP contribution in [0.25, 0.3) is 0 Å². The van der Waals surface area contributed by atoms with Gasteiger partial charge in [0.2, 0.25) is 0 Å². The van der Waals surface area contributed by atoms with Crippen LogP contribution in [0.4, 0.5) is 0 Å². The first-order valence-corrected chi connectivity index (χ1v) is 6.50. The molecule has 0 fully saturated rings. The van der Waals surface area contributed by atoms with E-state index in [4.69, 9.17) is 4.74 Å². The Morgan fingerprint density at radius 1 is 1.47 bits per heavy atom. The minimum absolute atomic E-state index is 0.0140. The SMILES string of the molecule is CCCCN1NC(c2cccc(OC)c2)=NCC1=O. The molecule has 5 nitrogen and oxygen atoms in total. The first kappa shape index (κ1) is 13.4. The normalized spacial score (nSPS) is 14.9. The van der Waals surface area contributed by atoms with E-state index >= 15 is 0 Å². The molecule has 0 spiro atoms. The van der Waals surface area contributed by atoms with Gasteiger partial charge in [-0.25, -0.2) is 0 Å². The van der Waals surface area contributed by atoms with Crippen molar-refractivity contribution >= 4 is 11.7 Å². The van der Waals surface area contributed by atoms with E-state index in [0.717, 1.165) is 30.0 Å². The Kier molecular flexibility index (Phi) is 4.39. The highest BCUT2D eigenvalue weighted by molar-refractivity contribution is 6.02. The molecule has 102 valence electrons. The fraction of sp³-hybridized carbons (Fsp3) is 0.429. The number of rotatable bonds is 5. The molecule has 1 aromatic rings. The molecule has 0 atom stereocenters. The molecule has 1 N–H and O–H groups in total. The highest BCUT2D eigenvalue weighted by atomic mass is 16.5. The van der Waals surface area contributed by atoms with E-state index in [0.29, 0.717) is 6.54 Å². The summed E-state index contributed by atoms with van der Waals surface area (Å²) in [7, 11) is 1.63. The van der Waals surface area contributed by atoms with Gasteiger partial charge in [-0.1, -0.05) is 25.5 Å². The van der Waals surface area contributed by atoms with Crippen molar-refractivity contribution in [1.29, 1.82) is 0 Å². The summed E-state index contributed by atoms with van der Waals surface area (Å²) >= 11 is 0. The summed E-state index contributed by atoms with van der Waals surface area (Å²) in [6.07, 6.45) is 2.03. The second-order valence-electron chi connectivity index (χ2n) is 4.41. The fourth-order valence-electron chi connectivity index (χ4n) is 1.88. The van der Waals surface area contributed by atoms with Gasteiger partial charge in [-0.3, -0.25) is 20.2 Å². The third-order valence-corrected chi connectivity index (χ3v) is 2.99. The van der Waals surface area contributed by atoms with Gasteiger partial charge in [0.15, 0.2) is 0 Å². The predicted octanol–water partition coefficient (Wildman–Crippen LogP) is 1.59. The average Bonchev–Trinajstić information content (AvgIpc) is 2.46. The molecule has 1 aromatic carbocycles. The maximum Gasteiger partial charge on any atom is 0.262 e. The van der Waals surface area contributed by atoms with Crippen LogP contribution in [0.5, 0.6) is 5.75 Å². The third-order valence-electron chi connectivity index (χ3n) is 2.99. The van der Waals surface area contributed by atoms with Crippen LogP contribution in [-0.4, -0.2) is 37.0 Å². The Bertz CT molecular complexity index is 485. The van der Waals surface area contributed by atoms with Gasteiger partial charge in [-0.2, -0.15) is 0 Å². The lowest BCUT2D eigenvalue weighted by molar-refractivity contribution is -0.132. The molecule has 0 radical (unpaired) electrons. The van der Waals surface area contributed by atoms with Gasteiger partial charge in [0.05, 0.1) is 7.11 Å². The Balaban J connectivity index is 2.13. The number of amides is 1. The first-order valence-electron chi connectivity index (χ1n) is 6.50. The molecule has 1 aliphatic heterocycles. The van der Waals surface area contributed by atoms with E-state index < -0.39 is 0 Å². The van der Waals surface area contributed by atoms with E-state index in [2.05, 4.69) is 17.3 Å². The number of hydrogen-bond donors (Lipinski definition) is 1.